The van der Waals surface area contributed by atoms with Crippen molar-refractivity contribution in [2.45, 2.75) is 46.1 Å². The summed E-state index contributed by atoms with van der Waals surface area (Å²) < 4.78 is 0. The van der Waals surface area contributed by atoms with Gasteiger partial charge in [-0.25, -0.2) is 10.0 Å². The number of hydrogen-bond acceptors (Lipinski definition) is 2. The minimum Gasteiger partial charge on any atom is -0.598 e. The lowest BCUT2D eigenvalue weighted by Crippen LogP contribution is -2.65. The van der Waals surface area contributed by atoms with Crippen LogP contribution in [-0.2, 0) is 0 Å². The molecule has 12 heavy (non-hydrogen) atoms. The van der Waals surface area contributed by atoms with Gasteiger partial charge in [-0.05, 0) is 20.3 Å². The SMILES string of the molecule is CC1(C)CCC[N+]([O-])(O)C1(C)C. The lowest BCUT2D eigenvalue weighted by molar-refractivity contribution is -1.11. The monoisotopic (exact) mass is 173 g/mol. The normalized spacial score (nSPS) is 39.5. The molecule has 1 aliphatic rings. The molecule has 1 N–H and O–H groups in total. The van der Waals surface area contributed by atoms with E-state index in [1.807, 2.05) is 27.7 Å². The summed E-state index contributed by atoms with van der Waals surface area (Å²) in [5.41, 5.74) is -0.674. The molecule has 0 aromatic heterocycles. The number of nitrogens with zero attached hydrogens (tertiary/aromatic N) is 1. The van der Waals surface area contributed by atoms with E-state index in [-0.39, 0.29) is 5.41 Å². The van der Waals surface area contributed by atoms with E-state index in [0.29, 0.717) is 6.54 Å². The fourth-order valence-electron chi connectivity index (χ4n) is 1.79. The third kappa shape index (κ3) is 1.16. The summed E-state index contributed by atoms with van der Waals surface area (Å²) in [5, 5.41) is 21.3. The summed E-state index contributed by atoms with van der Waals surface area (Å²) >= 11 is 0. The molecule has 0 aliphatic carbocycles. The number of hydroxylamine groups is 4. The van der Waals surface area contributed by atoms with Crippen molar-refractivity contribution in [2.24, 2.45) is 5.41 Å². The molecule has 0 spiro atoms. The fourth-order valence-corrected chi connectivity index (χ4v) is 1.79. The Balaban J connectivity index is 2.99. The average molecular weight is 173 g/mol. The van der Waals surface area contributed by atoms with Crippen molar-refractivity contribution in [1.29, 1.82) is 0 Å². The quantitative estimate of drug-likeness (QED) is 0.451. The molecular formula is C9H19NO2. The topological polar surface area (TPSA) is 43.3 Å². The van der Waals surface area contributed by atoms with Crippen LogP contribution in [0.1, 0.15) is 40.5 Å². The number of rotatable bonds is 0. The summed E-state index contributed by atoms with van der Waals surface area (Å²) in [6.45, 7) is 8.12. The highest BCUT2D eigenvalue weighted by Gasteiger charge is 2.52. The predicted molar refractivity (Wildman–Crippen MR) is 47.4 cm³/mol. The highest BCUT2D eigenvalue weighted by molar-refractivity contribution is 4.90. The second-order valence-corrected chi connectivity index (χ2v) is 4.97. The van der Waals surface area contributed by atoms with Gasteiger partial charge >= 0.3 is 0 Å². The van der Waals surface area contributed by atoms with Crippen LogP contribution in [0, 0.1) is 10.6 Å². The summed E-state index contributed by atoms with van der Waals surface area (Å²) in [6, 6.07) is 0. The zero-order valence-electron chi connectivity index (χ0n) is 8.42. The molecule has 0 saturated carbocycles. The van der Waals surface area contributed by atoms with Gasteiger partial charge in [0.1, 0.15) is 12.1 Å². The molecule has 1 unspecified atom stereocenters. The van der Waals surface area contributed by atoms with Gasteiger partial charge in [0, 0.05) is 11.8 Å². The van der Waals surface area contributed by atoms with Gasteiger partial charge in [0.15, 0.2) is 0 Å². The third-order valence-corrected chi connectivity index (χ3v) is 3.79. The number of piperidine rings is 1. The van der Waals surface area contributed by atoms with Gasteiger partial charge in [0.2, 0.25) is 0 Å². The van der Waals surface area contributed by atoms with Crippen molar-refractivity contribution in [3.63, 3.8) is 0 Å². The second kappa shape index (κ2) is 2.44. The molecule has 0 bridgehead atoms. The standard InChI is InChI=1S/C9H19NO2/c1-8(2)6-5-7-10(11,12)9(8,3)4/h11H,5-7H2,1-4H3. The lowest BCUT2D eigenvalue weighted by atomic mass is 9.68. The highest BCUT2D eigenvalue weighted by Crippen LogP contribution is 2.45. The minimum absolute atomic E-state index is 0.0816. The Kier molecular flexibility index (Phi) is 2.02. The Bertz CT molecular complexity index is 167. The number of hydrogen-bond donors (Lipinski definition) is 1. The van der Waals surface area contributed by atoms with Crippen molar-refractivity contribution in [3.8, 4) is 0 Å². The lowest BCUT2D eigenvalue weighted by Gasteiger charge is -2.57. The molecule has 0 aromatic rings. The molecule has 72 valence electrons. The smallest absolute Gasteiger partial charge is 0.128 e. The zero-order valence-corrected chi connectivity index (χ0v) is 8.42. The zero-order chi connectivity index (χ0) is 9.62. The molecular weight excluding hydrogens is 154 g/mol. The Morgan fingerprint density at radius 3 is 2.08 bits per heavy atom. The van der Waals surface area contributed by atoms with Crippen molar-refractivity contribution in [2.75, 3.05) is 6.54 Å². The van der Waals surface area contributed by atoms with E-state index in [1.54, 1.807) is 0 Å². The molecule has 1 fully saturated rings. The Morgan fingerprint density at radius 2 is 1.75 bits per heavy atom. The van der Waals surface area contributed by atoms with Crippen LogP contribution in [0.15, 0.2) is 0 Å². The van der Waals surface area contributed by atoms with Crippen LogP contribution in [0.2, 0.25) is 0 Å². The molecule has 1 rings (SSSR count). The summed E-state index contributed by atoms with van der Waals surface area (Å²) in [6.07, 6.45) is 1.83. The van der Waals surface area contributed by atoms with Crippen LogP contribution in [-0.4, -0.2) is 22.1 Å². The van der Waals surface area contributed by atoms with Gasteiger partial charge in [0.25, 0.3) is 0 Å². The van der Waals surface area contributed by atoms with Crippen molar-refractivity contribution in [1.82, 2.24) is 0 Å². The second-order valence-electron chi connectivity index (χ2n) is 4.97. The maximum Gasteiger partial charge on any atom is 0.128 e. The Morgan fingerprint density at radius 1 is 1.25 bits per heavy atom. The Labute approximate surface area is 74.1 Å². The van der Waals surface area contributed by atoms with Gasteiger partial charge in [-0.3, -0.25) is 0 Å². The largest absolute Gasteiger partial charge is 0.598 e. The van der Waals surface area contributed by atoms with Gasteiger partial charge in [0.05, 0.1) is 0 Å². The molecule has 3 heteroatoms. The van der Waals surface area contributed by atoms with Gasteiger partial charge < -0.3 is 5.21 Å². The predicted octanol–water partition coefficient (Wildman–Crippen LogP) is 2.29. The first-order valence-electron chi connectivity index (χ1n) is 4.53. The molecule has 3 nitrogen and oxygen atoms in total. The molecule has 1 atom stereocenters. The van der Waals surface area contributed by atoms with Gasteiger partial charge in [-0.1, -0.05) is 13.8 Å². The van der Waals surface area contributed by atoms with E-state index in [9.17, 15) is 10.4 Å². The molecule has 1 saturated heterocycles. The minimum atomic E-state index is -1.08. The maximum atomic E-state index is 11.7. The summed E-state index contributed by atoms with van der Waals surface area (Å²) in [5.74, 6) is 0. The first-order chi connectivity index (χ1) is 5.21. The van der Waals surface area contributed by atoms with Crippen LogP contribution in [0.3, 0.4) is 0 Å². The van der Waals surface area contributed by atoms with E-state index in [0.717, 1.165) is 12.8 Å². The van der Waals surface area contributed by atoms with Crippen molar-refractivity contribution < 1.29 is 10.0 Å². The summed E-state index contributed by atoms with van der Waals surface area (Å²) in [7, 11) is 0. The third-order valence-electron chi connectivity index (χ3n) is 3.79. The molecule has 0 radical (unpaired) electrons. The van der Waals surface area contributed by atoms with Crippen LogP contribution in [0.25, 0.3) is 0 Å². The average Bonchev–Trinajstić information content (AvgIpc) is 1.83. The number of quaternary nitrogens is 1. The van der Waals surface area contributed by atoms with E-state index in [4.69, 9.17) is 0 Å². The molecule has 0 amide bonds. The first kappa shape index (κ1) is 9.96. The van der Waals surface area contributed by atoms with E-state index >= 15 is 0 Å². The van der Waals surface area contributed by atoms with E-state index in [2.05, 4.69) is 0 Å². The van der Waals surface area contributed by atoms with E-state index < -0.39 is 10.3 Å². The summed E-state index contributed by atoms with van der Waals surface area (Å²) in [4.78, 5) is -1.08. The molecule has 1 aliphatic heterocycles. The Hall–Kier alpha value is -0.120. The molecule has 0 aromatic carbocycles. The van der Waals surface area contributed by atoms with Crippen molar-refractivity contribution >= 4 is 0 Å². The van der Waals surface area contributed by atoms with E-state index in [1.165, 1.54) is 0 Å². The maximum absolute atomic E-state index is 11.7. The van der Waals surface area contributed by atoms with Crippen LogP contribution in [0.5, 0.6) is 0 Å². The van der Waals surface area contributed by atoms with Crippen LogP contribution < -0.4 is 0 Å². The first-order valence-corrected chi connectivity index (χ1v) is 4.53. The highest BCUT2D eigenvalue weighted by atomic mass is 16.8. The van der Waals surface area contributed by atoms with Crippen LogP contribution >= 0.6 is 0 Å². The fraction of sp³-hybridized carbons (Fsp3) is 1.00. The van der Waals surface area contributed by atoms with Gasteiger partial charge in [-0.15, -0.1) is 0 Å². The van der Waals surface area contributed by atoms with Gasteiger partial charge in [-0.2, -0.15) is 0 Å². The van der Waals surface area contributed by atoms with Crippen LogP contribution in [0.4, 0.5) is 0 Å². The van der Waals surface area contributed by atoms with Crippen molar-refractivity contribution in [3.05, 3.63) is 5.21 Å². The molecule has 1 heterocycles.